The summed E-state index contributed by atoms with van der Waals surface area (Å²) in [4.78, 5) is 13.1. The Bertz CT molecular complexity index is 378. The van der Waals surface area contributed by atoms with Crippen molar-refractivity contribution < 1.29 is 9.90 Å². The number of likely N-dealkylation sites (N-methyl/N-ethyl adjacent to an activating group) is 2. The standard InChI is InChI=1S/C13H21N3O2/c1-3-15-13(18)9-16(2)8-12(17)10-4-6-11(14)7-5-10/h4-7,12,17H,3,8-9,14H2,1-2H3,(H,15,18). The molecule has 1 aromatic rings. The van der Waals surface area contributed by atoms with Crippen LogP contribution in [0.15, 0.2) is 24.3 Å². The fraction of sp³-hybridized carbons (Fsp3) is 0.462. The van der Waals surface area contributed by atoms with E-state index in [1.807, 2.05) is 6.92 Å². The molecule has 0 aromatic heterocycles. The minimum atomic E-state index is -0.620. The van der Waals surface area contributed by atoms with Gasteiger partial charge in [-0.25, -0.2) is 0 Å². The van der Waals surface area contributed by atoms with E-state index in [4.69, 9.17) is 5.73 Å². The van der Waals surface area contributed by atoms with Crippen molar-refractivity contribution in [1.82, 2.24) is 10.2 Å². The van der Waals surface area contributed by atoms with E-state index in [2.05, 4.69) is 5.32 Å². The maximum atomic E-state index is 11.4. The predicted octanol–water partition coefficient (Wildman–Crippen LogP) is 0.370. The van der Waals surface area contributed by atoms with Gasteiger partial charge in [-0.05, 0) is 31.7 Å². The van der Waals surface area contributed by atoms with Crippen molar-refractivity contribution >= 4 is 11.6 Å². The molecule has 1 atom stereocenters. The molecule has 0 spiro atoms. The topological polar surface area (TPSA) is 78.6 Å². The van der Waals surface area contributed by atoms with E-state index in [-0.39, 0.29) is 12.5 Å². The largest absolute Gasteiger partial charge is 0.399 e. The van der Waals surface area contributed by atoms with E-state index in [1.165, 1.54) is 0 Å². The highest BCUT2D eigenvalue weighted by Gasteiger charge is 2.12. The molecule has 1 amide bonds. The van der Waals surface area contributed by atoms with E-state index in [0.717, 1.165) is 5.56 Å². The summed E-state index contributed by atoms with van der Waals surface area (Å²) >= 11 is 0. The maximum Gasteiger partial charge on any atom is 0.234 e. The number of hydrogen-bond acceptors (Lipinski definition) is 4. The van der Waals surface area contributed by atoms with Crippen molar-refractivity contribution in [2.24, 2.45) is 0 Å². The Morgan fingerprint density at radius 1 is 1.44 bits per heavy atom. The molecule has 5 heteroatoms. The highest BCUT2D eigenvalue weighted by Crippen LogP contribution is 2.15. The van der Waals surface area contributed by atoms with Gasteiger partial charge in [-0.2, -0.15) is 0 Å². The second kappa shape index (κ2) is 6.98. The van der Waals surface area contributed by atoms with Crippen LogP contribution in [0.4, 0.5) is 5.69 Å². The average molecular weight is 251 g/mol. The zero-order valence-electron chi connectivity index (χ0n) is 10.9. The van der Waals surface area contributed by atoms with Gasteiger partial charge in [0.15, 0.2) is 0 Å². The van der Waals surface area contributed by atoms with E-state index >= 15 is 0 Å². The van der Waals surface area contributed by atoms with Crippen LogP contribution < -0.4 is 11.1 Å². The SMILES string of the molecule is CCNC(=O)CN(C)CC(O)c1ccc(N)cc1. The molecule has 1 aromatic carbocycles. The van der Waals surface area contributed by atoms with Crippen LogP contribution in [-0.4, -0.2) is 42.6 Å². The summed E-state index contributed by atoms with van der Waals surface area (Å²) in [5.41, 5.74) is 7.05. The number of nitrogen functional groups attached to an aromatic ring is 1. The van der Waals surface area contributed by atoms with Crippen molar-refractivity contribution in [3.63, 3.8) is 0 Å². The normalized spacial score (nSPS) is 12.4. The van der Waals surface area contributed by atoms with Crippen molar-refractivity contribution in [2.45, 2.75) is 13.0 Å². The van der Waals surface area contributed by atoms with Crippen LogP contribution in [0, 0.1) is 0 Å². The lowest BCUT2D eigenvalue weighted by Gasteiger charge is -2.20. The molecule has 0 aliphatic rings. The molecular formula is C13H21N3O2. The van der Waals surface area contributed by atoms with Crippen LogP contribution in [0.3, 0.4) is 0 Å². The van der Waals surface area contributed by atoms with Gasteiger partial charge in [-0.1, -0.05) is 12.1 Å². The molecule has 0 aliphatic carbocycles. The first-order valence-corrected chi connectivity index (χ1v) is 6.01. The number of nitrogens with zero attached hydrogens (tertiary/aromatic N) is 1. The Morgan fingerprint density at radius 2 is 2.06 bits per heavy atom. The van der Waals surface area contributed by atoms with E-state index in [1.54, 1.807) is 36.2 Å². The first-order chi connectivity index (χ1) is 8.52. The van der Waals surface area contributed by atoms with Crippen molar-refractivity contribution in [3.8, 4) is 0 Å². The molecule has 0 aliphatic heterocycles. The Hall–Kier alpha value is -1.59. The van der Waals surface area contributed by atoms with Crippen LogP contribution in [-0.2, 0) is 4.79 Å². The number of carbonyl (C=O) groups is 1. The third kappa shape index (κ3) is 4.73. The fourth-order valence-electron chi connectivity index (χ4n) is 1.68. The zero-order chi connectivity index (χ0) is 13.5. The number of amides is 1. The van der Waals surface area contributed by atoms with Crippen LogP contribution in [0.25, 0.3) is 0 Å². The van der Waals surface area contributed by atoms with Gasteiger partial charge >= 0.3 is 0 Å². The van der Waals surface area contributed by atoms with Crippen molar-refractivity contribution in [3.05, 3.63) is 29.8 Å². The minimum absolute atomic E-state index is 0.0375. The lowest BCUT2D eigenvalue weighted by atomic mass is 10.1. The summed E-state index contributed by atoms with van der Waals surface area (Å²) in [5, 5.41) is 12.7. The number of aliphatic hydroxyl groups excluding tert-OH is 1. The Labute approximate surface area is 108 Å². The monoisotopic (exact) mass is 251 g/mol. The summed E-state index contributed by atoms with van der Waals surface area (Å²) in [6.07, 6.45) is -0.620. The Morgan fingerprint density at radius 3 is 2.61 bits per heavy atom. The first-order valence-electron chi connectivity index (χ1n) is 6.01. The number of aliphatic hydroxyl groups is 1. The highest BCUT2D eigenvalue weighted by molar-refractivity contribution is 5.77. The van der Waals surface area contributed by atoms with Gasteiger partial charge in [0.05, 0.1) is 12.6 Å². The Kier molecular flexibility index (Phi) is 5.61. The summed E-state index contributed by atoms with van der Waals surface area (Å²) in [6, 6.07) is 7.09. The number of benzene rings is 1. The third-order valence-corrected chi connectivity index (χ3v) is 2.59. The number of anilines is 1. The van der Waals surface area contributed by atoms with Gasteiger partial charge in [-0.3, -0.25) is 9.69 Å². The first kappa shape index (κ1) is 14.5. The summed E-state index contributed by atoms with van der Waals surface area (Å²) in [7, 11) is 1.80. The van der Waals surface area contributed by atoms with Crippen molar-refractivity contribution in [1.29, 1.82) is 0 Å². The van der Waals surface area contributed by atoms with Crippen molar-refractivity contribution in [2.75, 3.05) is 32.4 Å². The molecule has 18 heavy (non-hydrogen) atoms. The van der Waals surface area contributed by atoms with Crippen LogP contribution in [0.5, 0.6) is 0 Å². The maximum absolute atomic E-state index is 11.4. The lowest BCUT2D eigenvalue weighted by Crippen LogP contribution is -2.36. The highest BCUT2D eigenvalue weighted by atomic mass is 16.3. The third-order valence-electron chi connectivity index (χ3n) is 2.59. The molecule has 5 nitrogen and oxygen atoms in total. The van der Waals surface area contributed by atoms with Gasteiger partial charge in [0.25, 0.3) is 0 Å². The van der Waals surface area contributed by atoms with Crippen LogP contribution in [0.1, 0.15) is 18.6 Å². The van der Waals surface area contributed by atoms with Crippen LogP contribution >= 0.6 is 0 Å². The summed E-state index contributed by atoms with van der Waals surface area (Å²) in [6.45, 7) is 3.18. The van der Waals surface area contributed by atoms with Gasteiger partial charge in [0.1, 0.15) is 0 Å². The molecule has 1 unspecified atom stereocenters. The Balaban J connectivity index is 2.46. The van der Waals surface area contributed by atoms with Crippen LogP contribution in [0.2, 0.25) is 0 Å². The fourth-order valence-corrected chi connectivity index (χ4v) is 1.68. The number of nitrogens with two attached hydrogens (primary N) is 1. The molecule has 0 saturated carbocycles. The van der Waals surface area contributed by atoms with Gasteiger partial charge in [0, 0.05) is 18.8 Å². The lowest BCUT2D eigenvalue weighted by molar-refractivity contribution is -0.122. The quantitative estimate of drug-likeness (QED) is 0.638. The molecule has 0 radical (unpaired) electrons. The second-order valence-electron chi connectivity index (χ2n) is 4.33. The van der Waals surface area contributed by atoms with Gasteiger partial charge in [0.2, 0.25) is 5.91 Å². The molecule has 4 N–H and O–H groups in total. The van der Waals surface area contributed by atoms with E-state index in [0.29, 0.717) is 18.8 Å². The molecule has 0 saturated heterocycles. The smallest absolute Gasteiger partial charge is 0.234 e. The molecular weight excluding hydrogens is 230 g/mol. The van der Waals surface area contributed by atoms with E-state index in [9.17, 15) is 9.90 Å². The molecule has 100 valence electrons. The predicted molar refractivity (Wildman–Crippen MR) is 72.0 cm³/mol. The number of rotatable bonds is 6. The average Bonchev–Trinajstić information content (AvgIpc) is 2.29. The van der Waals surface area contributed by atoms with Gasteiger partial charge < -0.3 is 16.2 Å². The molecule has 0 fully saturated rings. The molecule has 0 bridgehead atoms. The zero-order valence-corrected chi connectivity index (χ0v) is 10.9. The molecule has 1 rings (SSSR count). The minimum Gasteiger partial charge on any atom is -0.399 e. The summed E-state index contributed by atoms with van der Waals surface area (Å²) < 4.78 is 0. The molecule has 0 heterocycles. The number of carbonyl (C=O) groups excluding carboxylic acids is 1. The number of hydrogen-bond donors (Lipinski definition) is 3. The second-order valence-corrected chi connectivity index (χ2v) is 4.33. The number of nitrogens with one attached hydrogen (secondary N) is 1. The van der Waals surface area contributed by atoms with Gasteiger partial charge in [-0.15, -0.1) is 0 Å². The van der Waals surface area contributed by atoms with E-state index < -0.39 is 6.10 Å². The summed E-state index contributed by atoms with van der Waals surface area (Å²) in [5.74, 6) is -0.0375.